The molecule has 4 aromatic carbocycles. The molecule has 17 heteroatoms. The van der Waals surface area contributed by atoms with E-state index in [1.54, 1.807) is 42.5 Å². The van der Waals surface area contributed by atoms with Gasteiger partial charge in [-0.05, 0) is 84.6 Å². The minimum Gasteiger partial charge on any atom is -0.384 e. The van der Waals surface area contributed by atoms with Gasteiger partial charge in [0.25, 0.3) is 30.2 Å². The molecule has 4 heterocycles. The van der Waals surface area contributed by atoms with E-state index in [1.165, 1.54) is 46.5 Å². The van der Waals surface area contributed by atoms with Gasteiger partial charge < -0.3 is 15.3 Å². The van der Waals surface area contributed by atoms with Crippen molar-refractivity contribution in [1.82, 2.24) is 9.97 Å². The van der Waals surface area contributed by atoms with Crippen molar-refractivity contribution in [2.45, 2.75) is 22.6 Å². The number of nitrogens with one attached hydrogen (secondary N) is 3. The van der Waals surface area contributed by atoms with E-state index < -0.39 is 19.1 Å². The van der Waals surface area contributed by atoms with Crippen molar-refractivity contribution in [3.8, 4) is 0 Å². The van der Waals surface area contributed by atoms with Crippen molar-refractivity contribution in [1.29, 1.82) is 0 Å². The largest absolute Gasteiger partial charge is 0.384 e. The number of pyridine rings is 2. The van der Waals surface area contributed by atoms with E-state index in [0.29, 0.717) is 48.7 Å². The summed E-state index contributed by atoms with van der Waals surface area (Å²) in [4.78, 5) is 28.4. The van der Waals surface area contributed by atoms with Gasteiger partial charge in [-0.2, -0.15) is 0 Å². The molecule has 0 fully saturated rings. The lowest BCUT2D eigenvalue weighted by atomic mass is 10.2. The monoisotopic (exact) mass is 824 g/mol. The van der Waals surface area contributed by atoms with E-state index in [-0.39, 0.29) is 27.5 Å². The summed E-state index contributed by atoms with van der Waals surface area (Å²) in [6.45, 7) is 1.24. The zero-order chi connectivity index (χ0) is 36.7. The second-order valence-electron chi connectivity index (χ2n) is 11.3. The maximum atomic E-state index is 13.3. The molecule has 2 aliphatic heterocycles. The summed E-state index contributed by atoms with van der Waals surface area (Å²) in [7, 11) is -2.44. The van der Waals surface area contributed by atoms with Crippen LogP contribution in [0.1, 0.15) is 11.1 Å². The third-order valence-electron chi connectivity index (χ3n) is 8.20. The standard InChI is InChI=1S/C17H12Cl2N2O3S.C9H6ClNO3S.C8H7Cl2N/c18-10-8-14(19)13-5-7-21(15(13)9-10)25(23,24)16-3-1-2-12-11(16)4-6-20-17(12)22;10-15(13,14)8-3-1-2-7-6(8)4-5-11-9(7)12;9-5-3-7(10)6-1-2-11-8(6)4-5/h1-4,6,8-9H,5,7H2,(H,20,22);1-5H,(H,11,12);3-4,11H,1-2H2. The first-order valence-electron chi connectivity index (χ1n) is 15.0. The van der Waals surface area contributed by atoms with Crippen LogP contribution in [0.5, 0.6) is 0 Å². The molecule has 0 saturated carbocycles. The SMILES string of the molecule is Clc1cc(Cl)c2c(c1)NCC2.O=c1[nH]ccc2c(S(=O)(=O)Cl)cccc12.O=c1[nH]ccc2c(S(=O)(=O)N3CCc4c(Cl)cc(Cl)cc43)cccc12. The molecule has 51 heavy (non-hydrogen) atoms. The fourth-order valence-electron chi connectivity index (χ4n) is 5.92. The smallest absolute Gasteiger partial charge is 0.264 e. The van der Waals surface area contributed by atoms with Gasteiger partial charge in [-0.3, -0.25) is 13.9 Å². The highest BCUT2D eigenvalue weighted by atomic mass is 35.7. The quantitative estimate of drug-likeness (QED) is 0.153. The molecule has 10 nitrogen and oxygen atoms in total. The molecule has 264 valence electrons. The van der Waals surface area contributed by atoms with E-state index >= 15 is 0 Å². The van der Waals surface area contributed by atoms with Gasteiger partial charge >= 0.3 is 0 Å². The summed E-state index contributed by atoms with van der Waals surface area (Å²) < 4.78 is 50.3. The third kappa shape index (κ3) is 7.59. The Bertz CT molecular complexity index is 2690. The van der Waals surface area contributed by atoms with Crippen LogP contribution in [0.3, 0.4) is 0 Å². The zero-order valence-corrected chi connectivity index (χ0v) is 31.4. The summed E-state index contributed by atoms with van der Waals surface area (Å²) in [5.74, 6) is 0. The normalized spacial score (nSPS) is 13.5. The van der Waals surface area contributed by atoms with Gasteiger partial charge in [-0.15, -0.1) is 0 Å². The van der Waals surface area contributed by atoms with Crippen molar-refractivity contribution >= 4 is 109 Å². The lowest BCUT2D eigenvalue weighted by Crippen LogP contribution is -2.29. The molecule has 3 N–H and O–H groups in total. The number of rotatable bonds is 3. The average molecular weight is 827 g/mol. The Morgan fingerprint density at radius 3 is 1.78 bits per heavy atom. The molecule has 0 radical (unpaired) electrons. The average Bonchev–Trinajstić information content (AvgIpc) is 3.73. The number of hydrogen-bond acceptors (Lipinski definition) is 7. The number of aromatic amines is 2. The minimum atomic E-state index is -3.87. The van der Waals surface area contributed by atoms with E-state index in [4.69, 9.17) is 57.1 Å². The van der Waals surface area contributed by atoms with Gasteiger partial charge in [0.15, 0.2) is 0 Å². The van der Waals surface area contributed by atoms with E-state index in [1.807, 2.05) is 6.07 Å². The van der Waals surface area contributed by atoms with E-state index in [0.717, 1.165) is 29.2 Å². The second kappa shape index (κ2) is 14.7. The van der Waals surface area contributed by atoms with Crippen LogP contribution in [0, 0.1) is 0 Å². The van der Waals surface area contributed by atoms with Crippen LogP contribution in [-0.2, 0) is 31.9 Å². The fraction of sp³-hybridized carbons (Fsp3) is 0.118. The van der Waals surface area contributed by atoms with Crippen LogP contribution in [0.15, 0.2) is 105 Å². The predicted molar refractivity (Wildman–Crippen MR) is 206 cm³/mol. The number of fused-ring (bicyclic) bond motifs is 4. The van der Waals surface area contributed by atoms with Crippen LogP contribution in [0.2, 0.25) is 20.1 Å². The molecule has 0 atom stereocenters. The Morgan fingerprint density at radius 1 is 0.627 bits per heavy atom. The van der Waals surface area contributed by atoms with E-state index in [2.05, 4.69) is 15.3 Å². The molecule has 0 amide bonds. The summed E-state index contributed by atoms with van der Waals surface area (Å²) in [6, 6.07) is 19.0. The lowest BCUT2D eigenvalue weighted by molar-refractivity contribution is 0.593. The van der Waals surface area contributed by atoms with Gasteiger partial charge in [0, 0.05) is 83.5 Å². The molecule has 8 rings (SSSR count). The van der Waals surface area contributed by atoms with Gasteiger partial charge in [0.1, 0.15) is 0 Å². The number of sulfonamides is 1. The topological polar surface area (TPSA) is 149 Å². The van der Waals surface area contributed by atoms with Crippen molar-refractivity contribution < 1.29 is 16.8 Å². The van der Waals surface area contributed by atoms with Gasteiger partial charge in [-0.1, -0.05) is 58.5 Å². The highest BCUT2D eigenvalue weighted by Gasteiger charge is 2.33. The molecule has 0 unspecified atom stereocenters. The molecule has 0 bridgehead atoms. The zero-order valence-electron chi connectivity index (χ0n) is 26.0. The van der Waals surface area contributed by atoms with Crippen LogP contribution in [-0.4, -0.2) is 39.9 Å². The molecule has 2 aliphatic rings. The van der Waals surface area contributed by atoms with E-state index in [9.17, 15) is 26.4 Å². The maximum absolute atomic E-state index is 13.3. The van der Waals surface area contributed by atoms with Crippen molar-refractivity contribution in [2.24, 2.45) is 0 Å². The molecule has 6 aromatic rings. The maximum Gasteiger partial charge on any atom is 0.264 e. The summed E-state index contributed by atoms with van der Waals surface area (Å²) in [5.41, 5.74) is 2.85. The fourth-order valence-corrected chi connectivity index (χ4v) is 9.87. The number of aromatic nitrogens is 2. The first-order valence-corrected chi connectivity index (χ1v) is 20.3. The Kier molecular flexibility index (Phi) is 10.7. The van der Waals surface area contributed by atoms with Gasteiger partial charge in [0.2, 0.25) is 0 Å². The van der Waals surface area contributed by atoms with Crippen LogP contribution >= 0.6 is 57.1 Å². The number of H-pyrrole nitrogens is 2. The van der Waals surface area contributed by atoms with Crippen LogP contribution < -0.4 is 20.7 Å². The predicted octanol–water partition coefficient (Wildman–Crippen LogP) is 8.00. The number of nitrogens with zero attached hydrogens (tertiary/aromatic N) is 1. The number of halogens is 5. The van der Waals surface area contributed by atoms with Crippen molar-refractivity contribution in [3.63, 3.8) is 0 Å². The van der Waals surface area contributed by atoms with Gasteiger partial charge in [0.05, 0.1) is 15.5 Å². The van der Waals surface area contributed by atoms with Crippen molar-refractivity contribution in [2.75, 3.05) is 22.7 Å². The number of anilines is 2. The number of benzene rings is 4. The van der Waals surface area contributed by atoms with Crippen molar-refractivity contribution in [3.05, 3.63) is 137 Å². The number of hydrogen-bond donors (Lipinski definition) is 3. The van der Waals surface area contributed by atoms with Crippen LogP contribution in [0.4, 0.5) is 11.4 Å². The first-order chi connectivity index (χ1) is 24.2. The Balaban J connectivity index is 0.000000146. The molecular weight excluding hydrogens is 802 g/mol. The minimum absolute atomic E-state index is 0.0484. The summed E-state index contributed by atoms with van der Waals surface area (Å²) in [5, 5.41) is 6.86. The summed E-state index contributed by atoms with van der Waals surface area (Å²) >= 11 is 24.0. The molecule has 0 aliphatic carbocycles. The highest BCUT2D eigenvalue weighted by Crippen LogP contribution is 2.40. The molecule has 2 aromatic heterocycles. The Morgan fingerprint density at radius 2 is 1.18 bits per heavy atom. The third-order valence-corrected chi connectivity index (χ3v) is 12.6. The Labute approximate surface area is 316 Å². The molecular formula is C34H25Cl5N4O6S2. The van der Waals surface area contributed by atoms with Gasteiger partial charge in [-0.25, -0.2) is 16.8 Å². The molecule has 0 spiro atoms. The first kappa shape index (κ1) is 37.0. The lowest BCUT2D eigenvalue weighted by Gasteiger charge is -2.21. The highest BCUT2D eigenvalue weighted by molar-refractivity contribution is 8.14. The second-order valence-corrected chi connectivity index (χ2v) is 17.3. The Hall–Kier alpha value is -3.75. The summed E-state index contributed by atoms with van der Waals surface area (Å²) in [6.07, 6.45) is 4.34. The van der Waals surface area contributed by atoms with Crippen LogP contribution in [0.25, 0.3) is 21.5 Å². The molecule has 0 saturated heterocycles.